The van der Waals surface area contributed by atoms with E-state index >= 15 is 0 Å². The highest BCUT2D eigenvalue weighted by Crippen LogP contribution is 2.24. The lowest BCUT2D eigenvalue weighted by atomic mass is 10.2. The molecule has 19 heavy (non-hydrogen) atoms. The average Bonchev–Trinajstić information content (AvgIpc) is 2.69. The second kappa shape index (κ2) is 4.55. The van der Waals surface area contributed by atoms with Crippen LogP contribution < -0.4 is 0 Å². The maximum absolute atomic E-state index is 9.37. The molecule has 96 valence electrons. The van der Waals surface area contributed by atoms with Gasteiger partial charge in [-0.05, 0) is 36.8 Å². The minimum Gasteiger partial charge on any atom is -0.508 e. The number of rotatable bonds is 2. The molecule has 4 nitrogen and oxygen atoms in total. The molecule has 1 N–H and O–H groups in total. The Morgan fingerprint density at radius 1 is 1.32 bits per heavy atom. The number of hydrogen-bond donors (Lipinski definition) is 1. The number of pyridine rings is 1. The van der Waals surface area contributed by atoms with Crippen LogP contribution >= 0.6 is 11.6 Å². The van der Waals surface area contributed by atoms with E-state index in [0.717, 1.165) is 22.6 Å². The molecule has 0 aliphatic rings. The van der Waals surface area contributed by atoms with Gasteiger partial charge in [-0.25, -0.2) is 9.97 Å². The van der Waals surface area contributed by atoms with Crippen LogP contribution in [0.2, 0.25) is 5.02 Å². The Hall–Kier alpha value is -2.07. The Morgan fingerprint density at radius 2 is 2.16 bits per heavy atom. The normalized spacial score (nSPS) is 11.1. The molecule has 3 aromatic rings. The zero-order chi connectivity index (χ0) is 13.4. The second-order valence-corrected chi connectivity index (χ2v) is 4.77. The number of benzene rings is 1. The molecule has 2 aromatic heterocycles. The van der Waals surface area contributed by atoms with Gasteiger partial charge < -0.3 is 9.67 Å². The third-order valence-electron chi connectivity index (χ3n) is 3.06. The molecule has 0 atom stereocenters. The molecule has 1 aromatic carbocycles. The zero-order valence-electron chi connectivity index (χ0n) is 10.3. The molecule has 0 saturated carbocycles. The smallest absolute Gasteiger partial charge is 0.160 e. The van der Waals surface area contributed by atoms with Gasteiger partial charge in [0, 0.05) is 11.2 Å². The van der Waals surface area contributed by atoms with Crippen molar-refractivity contribution in [1.29, 1.82) is 0 Å². The number of imidazole rings is 1. The topological polar surface area (TPSA) is 50.9 Å². The minimum atomic E-state index is 0.166. The van der Waals surface area contributed by atoms with Gasteiger partial charge >= 0.3 is 0 Å². The summed E-state index contributed by atoms with van der Waals surface area (Å²) >= 11 is 6.14. The van der Waals surface area contributed by atoms with Gasteiger partial charge in [-0.1, -0.05) is 17.7 Å². The second-order valence-electron chi connectivity index (χ2n) is 4.37. The number of aromatic hydroxyl groups is 1. The van der Waals surface area contributed by atoms with E-state index < -0.39 is 0 Å². The molecule has 0 fully saturated rings. The molecule has 0 saturated heterocycles. The Balaban J connectivity index is 2.08. The zero-order valence-corrected chi connectivity index (χ0v) is 11.1. The summed E-state index contributed by atoms with van der Waals surface area (Å²) in [7, 11) is 0. The van der Waals surface area contributed by atoms with E-state index in [1.807, 2.05) is 29.7 Å². The summed E-state index contributed by atoms with van der Waals surface area (Å²) in [5.74, 6) is 1.05. The van der Waals surface area contributed by atoms with Crippen LogP contribution in [-0.4, -0.2) is 19.6 Å². The minimum absolute atomic E-state index is 0.166. The van der Waals surface area contributed by atoms with E-state index in [0.29, 0.717) is 11.6 Å². The molecule has 0 amide bonds. The number of phenolic OH excluding ortho intramolecular Hbond substituents is 1. The van der Waals surface area contributed by atoms with Crippen LogP contribution in [0.1, 0.15) is 11.4 Å². The first-order valence-electron chi connectivity index (χ1n) is 5.90. The third kappa shape index (κ3) is 2.15. The molecule has 0 aliphatic carbocycles. The van der Waals surface area contributed by atoms with Crippen LogP contribution in [-0.2, 0) is 6.54 Å². The average molecular weight is 274 g/mol. The molecule has 2 heterocycles. The van der Waals surface area contributed by atoms with Crippen molar-refractivity contribution >= 4 is 22.8 Å². The maximum Gasteiger partial charge on any atom is 0.160 e. The number of halogens is 1. The van der Waals surface area contributed by atoms with E-state index in [1.54, 1.807) is 18.3 Å². The fourth-order valence-corrected chi connectivity index (χ4v) is 2.33. The summed E-state index contributed by atoms with van der Waals surface area (Å²) < 4.78 is 2.01. The predicted octanol–water partition coefficient (Wildman–Crippen LogP) is 3.15. The first-order valence-corrected chi connectivity index (χ1v) is 6.28. The quantitative estimate of drug-likeness (QED) is 0.780. The molecule has 3 rings (SSSR count). The van der Waals surface area contributed by atoms with Crippen molar-refractivity contribution in [3.63, 3.8) is 0 Å². The number of nitrogens with zero attached hydrogens (tertiary/aromatic N) is 3. The summed E-state index contributed by atoms with van der Waals surface area (Å²) in [5, 5.41) is 9.91. The summed E-state index contributed by atoms with van der Waals surface area (Å²) in [6.07, 6.45) is 1.75. The van der Waals surface area contributed by atoms with Gasteiger partial charge in [0.1, 0.15) is 17.1 Å². The number of fused-ring (bicyclic) bond motifs is 1. The van der Waals surface area contributed by atoms with Gasteiger partial charge in [0.25, 0.3) is 0 Å². The van der Waals surface area contributed by atoms with E-state index in [-0.39, 0.29) is 5.75 Å². The van der Waals surface area contributed by atoms with Crippen LogP contribution in [0, 0.1) is 6.92 Å². The van der Waals surface area contributed by atoms with E-state index in [4.69, 9.17) is 11.6 Å². The summed E-state index contributed by atoms with van der Waals surface area (Å²) in [4.78, 5) is 8.82. The standard InChI is InChI=1S/C14H12ClN3O/c1-9-17-13-3-2-6-16-14(13)18(9)8-10-4-5-11(19)7-12(10)15/h2-7,19H,8H2,1H3. The summed E-state index contributed by atoms with van der Waals surface area (Å²) in [5.41, 5.74) is 2.63. The molecular formula is C14H12ClN3O. The number of phenols is 1. The van der Waals surface area contributed by atoms with Crippen molar-refractivity contribution < 1.29 is 5.11 Å². The lowest BCUT2D eigenvalue weighted by Gasteiger charge is -2.08. The monoisotopic (exact) mass is 273 g/mol. The van der Waals surface area contributed by atoms with Crippen LogP contribution in [0.4, 0.5) is 0 Å². The highest BCUT2D eigenvalue weighted by atomic mass is 35.5. The van der Waals surface area contributed by atoms with Gasteiger partial charge in [-0.15, -0.1) is 0 Å². The first kappa shape index (κ1) is 12.0. The van der Waals surface area contributed by atoms with Crippen molar-refractivity contribution in [3.8, 4) is 5.75 Å². The molecular weight excluding hydrogens is 262 g/mol. The fourth-order valence-electron chi connectivity index (χ4n) is 2.10. The predicted molar refractivity (Wildman–Crippen MR) is 74.5 cm³/mol. The summed E-state index contributed by atoms with van der Waals surface area (Å²) in [6.45, 7) is 2.52. The molecule has 5 heteroatoms. The molecule has 0 spiro atoms. The Morgan fingerprint density at radius 3 is 2.95 bits per heavy atom. The number of hydrogen-bond acceptors (Lipinski definition) is 3. The molecule has 0 bridgehead atoms. The van der Waals surface area contributed by atoms with Crippen molar-refractivity contribution in [2.75, 3.05) is 0 Å². The van der Waals surface area contributed by atoms with E-state index in [1.165, 1.54) is 0 Å². The van der Waals surface area contributed by atoms with Crippen molar-refractivity contribution in [3.05, 3.63) is 52.9 Å². The van der Waals surface area contributed by atoms with Crippen LogP contribution in [0.3, 0.4) is 0 Å². The van der Waals surface area contributed by atoms with Crippen LogP contribution in [0.25, 0.3) is 11.2 Å². The third-order valence-corrected chi connectivity index (χ3v) is 3.41. The molecule has 0 unspecified atom stereocenters. The van der Waals surface area contributed by atoms with Gasteiger partial charge in [0.2, 0.25) is 0 Å². The first-order chi connectivity index (χ1) is 9.15. The summed E-state index contributed by atoms with van der Waals surface area (Å²) in [6, 6.07) is 8.78. The fraction of sp³-hybridized carbons (Fsp3) is 0.143. The largest absolute Gasteiger partial charge is 0.508 e. The molecule has 0 aliphatic heterocycles. The van der Waals surface area contributed by atoms with Gasteiger partial charge in [0.15, 0.2) is 5.65 Å². The van der Waals surface area contributed by atoms with Gasteiger partial charge in [-0.2, -0.15) is 0 Å². The van der Waals surface area contributed by atoms with Gasteiger partial charge in [0.05, 0.1) is 6.54 Å². The van der Waals surface area contributed by atoms with E-state index in [2.05, 4.69) is 9.97 Å². The lowest BCUT2D eigenvalue weighted by Crippen LogP contribution is -2.03. The Kier molecular flexibility index (Phi) is 2.87. The number of aromatic nitrogens is 3. The lowest BCUT2D eigenvalue weighted by molar-refractivity contribution is 0.475. The van der Waals surface area contributed by atoms with Crippen molar-refractivity contribution in [1.82, 2.24) is 14.5 Å². The number of aryl methyl sites for hydroxylation is 1. The van der Waals surface area contributed by atoms with Gasteiger partial charge in [-0.3, -0.25) is 0 Å². The highest BCUT2D eigenvalue weighted by Gasteiger charge is 2.10. The Bertz CT molecular complexity index is 752. The van der Waals surface area contributed by atoms with Crippen molar-refractivity contribution in [2.45, 2.75) is 13.5 Å². The maximum atomic E-state index is 9.37. The van der Waals surface area contributed by atoms with E-state index in [9.17, 15) is 5.11 Å². The highest BCUT2D eigenvalue weighted by molar-refractivity contribution is 6.31. The van der Waals surface area contributed by atoms with Crippen LogP contribution in [0.15, 0.2) is 36.5 Å². The molecule has 0 radical (unpaired) electrons. The SMILES string of the molecule is Cc1nc2cccnc2n1Cc1ccc(O)cc1Cl. The Labute approximate surface area is 115 Å². The van der Waals surface area contributed by atoms with Crippen LogP contribution in [0.5, 0.6) is 5.75 Å². The van der Waals surface area contributed by atoms with Crippen molar-refractivity contribution in [2.24, 2.45) is 0 Å².